The van der Waals surface area contributed by atoms with E-state index in [-0.39, 0.29) is 31.3 Å². The van der Waals surface area contributed by atoms with Crippen LogP contribution in [0.3, 0.4) is 0 Å². The summed E-state index contributed by atoms with van der Waals surface area (Å²) < 4.78 is 26.2. The van der Waals surface area contributed by atoms with E-state index in [9.17, 15) is 18.0 Å². The van der Waals surface area contributed by atoms with Crippen LogP contribution in [-0.4, -0.2) is 55.6 Å². The Morgan fingerprint density at radius 2 is 1.73 bits per heavy atom. The van der Waals surface area contributed by atoms with Gasteiger partial charge in [-0.2, -0.15) is 4.31 Å². The van der Waals surface area contributed by atoms with Gasteiger partial charge in [0.15, 0.2) is 0 Å². The van der Waals surface area contributed by atoms with Crippen LogP contribution in [0.1, 0.15) is 12.0 Å². The van der Waals surface area contributed by atoms with Crippen molar-refractivity contribution < 1.29 is 18.0 Å². The number of carbonyl (C=O) groups is 2. The van der Waals surface area contributed by atoms with Gasteiger partial charge in [0.05, 0.1) is 0 Å². The summed E-state index contributed by atoms with van der Waals surface area (Å²) in [5.41, 5.74) is 6.09. The molecule has 0 spiro atoms. The Balaban J connectivity index is 1.58. The van der Waals surface area contributed by atoms with Gasteiger partial charge in [-0.05, 0) is 17.7 Å². The van der Waals surface area contributed by atoms with Crippen molar-refractivity contribution in [3.8, 4) is 0 Å². The zero-order valence-electron chi connectivity index (χ0n) is 14.1. The summed E-state index contributed by atoms with van der Waals surface area (Å²) >= 11 is 0. The van der Waals surface area contributed by atoms with Gasteiger partial charge in [-0.3, -0.25) is 20.4 Å². The highest BCUT2D eigenvalue weighted by atomic mass is 32.2. The lowest BCUT2D eigenvalue weighted by Crippen LogP contribution is -2.53. The molecule has 0 atom stereocenters. The minimum atomic E-state index is -3.54. The van der Waals surface area contributed by atoms with Gasteiger partial charge < -0.3 is 4.90 Å². The van der Waals surface area contributed by atoms with E-state index in [0.717, 1.165) is 5.56 Å². The molecule has 0 aliphatic carbocycles. The first-order valence-electron chi connectivity index (χ1n) is 8.23. The second-order valence-electron chi connectivity index (χ2n) is 5.94. The minimum Gasteiger partial charge on any atom is -0.335 e. The predicted molar refractivity (Wildman–Crippen MR) is 96.5 cm³/mol. The number of amides is 2. The molecule has 3 rings (SSSR count). The Morgan fingerprint density at radius 1 is 1.04 bits per heavy atom. The lowest BCUT2D eigenvalue weighted by Gasteiger charge is -2.34. The average molecular weight is 376 g/mol. The van der Waals surface area contributed by atoms with Gasteiger partial charge in [0.2, 0.25) is 15.9 Å². The fraction of sp³-hybridized carbons (Fsp3) is 0.294. The monoisotopic (exact) mass is 376 g/mol. The van der Waals surface area contributed by atoms with Gasteiger partial charge >= 0.3 is 0 Å². The molecule has 1 saturated heterocycles. The lowest BCUT2D eigenvalue weighted by molar-refractivity contribution is -0.129. The molecule has 2 heterocycles. The van der Waals surface area contributed by atoms with Crippen molar-refractivity contribution in [1.29, 1.82) is 0 Å². The van der Waals surface area contributed by atoms with Crippen LogP contribution >= 0.6 is 0 Å². The number of hydrogen-bond acceptors (Lipinski definition) is 5. The van der Waals surface area contributed by atoms with E-state index in [4.69, 9.17) is 0 Å². The molecule has 1 fully saturated rings. The molecule has 1 aromatic rings. The van der Waals surface area contributed by atoms with E-state index in [1.54, 1.807) is 11.0 Å². The van der Waals surface area contributed by atoms with E-state index in [0.29, 0.717) is 18.8 Å². The number of rotatable bonds is 4. The molecule has 0 saturated carbocycles. The second kappa shape index (κ2) is 7.71. The third-order valence-electron chi connectivity index (χ3n) is 4.18. The zero-order chi connectivity index (χ0) is 18.6. The maximum Gasteiger partial charge on any atom is 0.271 e. The average Bonchev–Trinajstić information content (AvgIpc) is 2.67. The molecule has 0 bridgehead atoms. The maximum absolute atomic E-state index is 12.4. The van der Waals surface area contributed by atoms with Gasteiger partial charge in [0.25, 0.3) is 5.91 Å². The molecule has 0 aromatic heterocycles. The Morgan fingerprint density at radius 3 is 2.35 bits per heavy atom. The zero-order valence-corrected chi connectivity index (χ0v) is 14.9. The number of hydrogen-bond donors (Lipinski definition) is 2. The predicted octanol–water partition coefficient (Wildman–Crippen LogP) is 0.0397. The summed E-state index contributed by atoms with van der Waals surface area (Å²) in [5, 5.41) is 1.20. The number of nitrogens with zero attached hydrogens (tertiary/aromatic N) is 2. The largest absolute Gasteiger partial charge is 0.335 e. The Hall–Kier alpha value is -2.65. The maximum atomic E-state index is 12.4. The SMILES string of the molecule is O=C1CC=C(C(=O)N2CCN(S(=O)(=O)/C=C/c3ccccc3)CC2)NN1. The second-order valence-corrected chi connectivity index (χ2v) is 7.76. The normalized spacial score (nSPS) is 19.0. The first-order valence-corrected chi connectivity index (χ1v) is 9.73. The summed E-state index contributed by atoms with van der Waals surface area (Å²) in [7, 11) is -3.54. The highest BCUT2D eigenvalue weighted by Gasteiger charge is 2.29. The molecule has 2 amide bonds. The van der Waals surface area contributed by atoms with Gasteiger partial charge in [0.1, 0.15) is 5.70 Å². The number of nitrogens with one attached hydrogen (secondary N) is 2. The van der Waals surface area contributed by atoms with E-state index in [1.807, 2.05) is 30.3 Å². The van der Waals surface area contributed by atoms with Gasteiger partial charge in [0, 0.05) is 38.0 Å². The van der Waals surface area contributed by atoms with Crippen molar-refractivity contribution in [2.24, 2.45) is 0 Å². The van der Waals surface area contributed by atoms with E-state index >= 15 is 0 Å². The van der Waals surface area contributed by atoms with Gasteiger partial charge in [-0.15, -0.1) is 0 Å². The topological polar surface area (TPSA) is 98.8 Å². The molecule has 9 heteroatoms. The molecule has 2 N–H and O–H groups in total. The number of sulfonamides is 1. The Labute approximate surface area is 152 Å². The molecule has 26 heavy (non-hydrogen) atoms. The van der Waals surface area contributed by atoms with Crippen molar-refractivity contribution in [2.45, 2.75) is 6.42 Å². The summed E-state index contributed by atoms with van der Waals surface area (Å²) in [6, 6.07) is 9.20. The van der Waals surface area contributed by atoms with Crippen LogP contribution in [0.5, 0.6) is 0 Å². The highest BCUT2D eigenvalue weighted by molar-refractivity contribution is 7.92. The van der Waals surface area contributed by atoms with Crippen molar-refractivity contribution >= 4 is 27.9 Å². The Kier molecular flexibility index (Phi) is 5.38. The van der Waals surface area contributed by atoms with Crippen LogP contribution in [-0.2, 0) is 19.6 Å². The molecular weight excluding hydrogens is 356 g/mol. The molecule has 1 aromatic carbocycles. The molecule has 0 unspecified atom stereocenters. The van der Waals surface area contributed by atoms with Crippen molar-refractivity contribution in [1.82, 2.24) is 20.1 Å². The Bertz CT molecular complexity index is 841. The van der Waals surface area contributed by atoms with Crippen LogP contribution < -0.4 is 10.9 Å². The van der Waals surface area contributed by atoms with Crippen LogP contribution in [0.15, 0.2) is 47.5 Å². The van der Waals surface area contributed by atoms with Gasteiger partial charge in [-0.1, -0.05) is 30.3 Å². The number of hydrazine groups is 1. The first kappa shape index (κ1) is 18.2. The molecule has 8 nitrogen and oxygen atoms in total. The van der Waals surface area contributed by atoms with Gasteiger partial charge in [-0.25, -0.2) is 8.42 Å². The number of piperazine rings is 1. The standard InChI is InChI=1S/C17H20N4O4S/c22-16-7-6-15(18-19-16)17(23)20-9-11-21(12-10-20)26(24,25)13-8-14-4-2-1-3-5-14/h1-6,8,13,18H,7,9-12H2,(H,19,22)/b13-8+. The minimum absolute atomic E-state index is 0.146. The molecule has 0 radical (unpaired) electrons. The van der Waals surface area contributed by atoms with Crippen LogP contribution in [0, 0.1) is 0 Å². The molecule has 138 valence electrons. The smallest absolute Gasteiger partial charge is 0.271 e. The van der Waals surface area contributed by atoms with Crippen molar-refractivity contribution in [3.05, 3.63) is 53.1 Å². The third kappa shape index (κ3) is 4.30. The van der Waals surface area contributed by atoms with Crippen molar-refractivity contribution in [3.63, 3.8) is 0 Å². The molecular formula is C17H20N4O4S. The highest BCUT2D eigenvalue weighted by Crippen LogP contribution is 2.13. The fourth-order valence-corrected chi connectivity index (χ4v) is 3.88. The van der Waals surface area contributed by atoms with E-state index < -0.39 is 10.0 Å². The molecule has 2 aliphatic rings. The van der Waals surface area contributed by atoms with Crippen LogP contribution in [0.2, 0.25) is 0 Å². The number of carbonyl (C=O) groups excluding carboxylic acids is 2. The molecule has 2 aliphatic heterocycles. The lowest BCUT2D eigenvalue weighted by atomic mass is 10.2. The van der Waals surface area contributed by atoms with Crippen LogP contribution in [0.25, 0.3) is 6.08 Å². The van der Waals surface area contributed by atoms with Crippen molar-refractivity contribution in [2.75, 3.05) is 26.2 Å². The summed E-state index contributed by atoms with van der Waals surface area (Å²) in [5.74, 6) is -0.454. The van der Waals surface area contributed by atoms with E-state index in [2.05, 4.69) is 10.9 Å². The quantitative estimate of drug-likeness (QED) is 0.773. The summed E-state index contributed by atoms with van der Waals surface area (Å²) in [6.45, 7) is 1.05. The first-order chi connectivity index (χ1) is 12.5. The number of benzene rings is 1. The van der Waals surface area contributed by atoms with E-state index in [1.165, 1.54) is 15.8 Å². The summed E-state index contributed by atoms with van der Waals surface area (Å²) in [6.07, 6.45) is 3.24. The fourth-order valence-electron chi connectivity index (χ4n) is 2.71. The van der Waals surface area contributed by atoms with Crippen LogP contribution in [0.4, 0.5) is 0 Å². The third-order valence-corrected chi connectivity index (χ3v) is 5.74. The summed E-state index contributed by atoms with van der Waals surface area (Å²) in [4.78, 5) is 25.1.